The molecule has 2 aliphatic rings. The normalized spacial score (nSPS) is 24.6. The van der Waals surface area contributed by atoms with Crippen molar-refractivity contribution in [1.82, 2.24) is 4.90 Å². The van der Waals surface area contributed by atoms with Crippen molar-refractivity contribution in [1.29, 1.82) is 0 Å². The molecule has 2 aliphatic heterocycles. The first-order valence-corrected chi connectivity index (χ1v) is 8.03. The summed E-state index contributed by atoms with van der Waals surface area (Å²) in [7, 11) is -0.251. The highest BCUT2D eigenvalue weighted by molar-refractivity contribution is 6.61. The molecular formula is C17H24BNO3. The first kappa shape index (κ1) is 15.6. The van der Waals surface area contributed by atoms with Crippen LogP contribution in [0.15, 0.2) is 24.3 Å². The van der Waals surface area contributed by atoms with E-state index in [0.717, 1.165) is 38.2 Å². The van der Waals surface area contributed by atoms with E-state index in [1.807, 2.05) is 4.90 Å². The van der Waals surface area contributed by atoms with Crippen LogP contribution in [0.4, 0.5) is 0 Å². The van der Waals surface area contributed by atoms with Crippen LogP contribution in [0.3, 0.4) is 0 Å². The lowest BCUT2D eigenvalue weighted by Crippen LogP contribution is -2.47. The molecule has 1 atom stereocenters. The van der Waals surface area contributed by atoms with Gasteiger partial charge in [-0.05, 0) is 17.4 Å². The zero-order valence-corrected chi connectivity index (χ0v) is 13.7. The van der Waals surface area contributed by atoms with Crippen LogP contribution in [0.25, 0.3) is 0 Å². The van der Waals surface area contributed by atoms with Crippen molar-refractivity contribution in [2.24, 2.45) is 5.41 Å². The first-order chi connectivity index (χ1) is 10.4. The molecule has 0 spiro atoms. The summed E-state index contributed by atoms with van der Waals surface area (Å²) in [5, 5.41) is 0. The second kappa shape index (κ2) is 6.05. The summed E-state index contributed by atoms with van der Waals surface area (Å²) in [6.07, 6.45) is 1.05. The van der Waals surface area contributed by atoms with Crippen LogP contribution in [0.1, 0.15) is 38.7 Å². The fourth-order valence-corrected chi connectivity index (χ4v) is 3.13. The molecule has 4 nitrogen and oxygen atoms in total. The van der Waals surface area contributed by atoms with Gasteiger partial charge in [-0.3, -0.25) is 4.79 Å². The van der Waals surface area contributed by atoms with Gasteiger partial charge in [-0.15, -0.1) is 0 Å². The van der Waals surface area contributed by atoms with Gasteiger partial charge in [0.1, 0.15) is 0 Å². The highest BCUT2D eigenvalue weighted by Crippen LogP contribution is 2.27. The summed E-state index contributed by atoms with van der Waals surface area (Å²) >= 11 is 0. The zero-order chi connectivity index (χ0) is 15.7. The number of hydrogen-bond donors (Lipinski definition) is 0. The van der Waals surface area contributed by atoms with Gasteiger partial charge in [0.15, 0.2) is 0 Å². The van der Waals surface area contributed by atoms with Crippen molar-refractivity contribution in [2.75, 3.05) is 26.3 Å². The SMILES string of the molecule is CC(=O)N1CC[C@@H](c2ccc(B3OCC(C)(C)CO3)cc2)C1. The van der Waals surface area contributed by atoms with Crippen LogP contribution in [0, 0.1) is 5.41 Å². The van der Waals surface area contributed by atoms with E-state index >= 15 is 0 Å². The number of nitrogens with zero attached hydrogens (tertiary/aromatic N) is 1. The lowest BCUT2D eigenvalue weighted by Gasteiger charge is -2.33. The zero-order valence-electron chi connectivity index (χ0n) is 13.7. The summed E-state index contributed by atoms with van der Waals surface area (Å²) in [6.45, 7) is 9.07. The first-order valence-electron chi connectivity index (χ1n) is 8.03. The predicted octanol–water partition coefficient (Wildman–Crippen LogP) is 1.79. The van der Waals surface area contributed by atoms with E-state index < -0.39 is 0 Å². The van der Waals surface area contributed by atoms with E-state index in [9.17, 15) is 4.79 Å². The van der Waals surface area contributed by atoms with Gasteiger partial charge in [-0.2, -0.15) is 0 Å². The maximum absolute atomic E-state index is 11.4. The van der Waals surface area contributed by atoms with Crippen LogP contribution in [-0.4, -0.2) is 44.2 Å². The summed E-state index contributed by atoms with van der Waals surface area (Å²) in [5.74, 6) is 0.621. The Morgan fingerprint density at radius 1 is 1.23 bits per heavy atom. The monoisotopic (exact) mass is 301 g/mol. The van der Waals surface area contributed by atoms with Crippen LogP contribution in [0.2, 0.25) is 0 Å². The molecule has 118 valence electrons. The van der Waals surface area contributed by atoms with Gasteiger partial charge >= 0.3 is 7.12 Å². The van der Waals surface area contributed by atoms with Gasteiger partial charge in [-0.1, -0.05) is 38.1 Å². The molecule has 3 rings (SSSR count). The van der Waals surface area contributed by atoms with Gasteiger partial charge < -0.3 is 14.2 Å². The molecular weight excluding hydrogens is 277 g/mol. The average molecular weight is 301 g/mol. The molecule has 2 heterocycles. The smallest absolute Gasteiger partial charge is 0.407 e. The Morgan fingerprint density at radius 3 is 2.41 bits per heavy atom. The van der Waals surface area contributed by atoms with E-state index in [0.29, 0.717) is 5.92 Å². The van der Waals surface area contributed by atoms with Crippen LogP contribution in [-0.2, 0) is 14.1 Å². The molecule has 0 bridgehead atoms. The van der Waals surface area contributed by atoms with Crippen molar-refractivity contribution in [3.8, 4) is 0 Å². The minimum absolute atomic E-state index is 0.0937. The molecule has 2 saturated heterocycles. The number of carbonyl (C=O) groups excluding carboxylic acids is 1. The molecule has 0 N–H and O–H groups in total. The maximum Gasteiger partial charge on any atom is 0.493 e. The van der Waals surface area contributed by atoms with E-state index in [1.54, 1.807) is 6.92 Å². The van der Waals surface area contributed by atoms with E-state index in [2.05, 4.69) is 38.1 Å². The Balaban J connectivity index is 1.63. The second-order valence-corrected chi connectivity index (χ2v) is 7.24. The molecule has 5 heteroatoms. The summed E-state index contributed by atoms with van der Waals surface area (Å²) in [5.41, 5.74) is 2.46. The second-order valence-electron chi connectivity index (χ2n) is 7.24. The van der Waals surface area contributed by atoms with Crippen molar-refractivity contribution in [2.45, 2.75) is 33.1 Å². The van der Waals surface area contributed by atoms with Crippen LogP contribution in [0.5, 0.6) is 0 Å². The maximum atomic E-state index is 11.4. The Labute approximate surface area is 132 Å². The molecule has 0 unspecified atom stereocenters. The number of amides is 1. The largest absolute Gasteiger partial charge is 0.493 e. The molecule has 0 aromatic heterocycles. The molecule has 1 aromatic rings. The van der Waals surface area contributed by atoms with Gasteiger partial charge in [0.05, 0.1) is 0 Å². The standard InChI is InChI=1S/C17H24BNO3/c1-13(20)19-9-8-15(10-19)14-4-6-16(7-5-14)18-21-11-17(2,3)12-22-18/h4-7,15H,8-12H2,1-3H3/t15-/m1/s1. The number of hydrogen-bond acceptors (Lipinski definition) is 3. The van der Waals surface area contributed by atoms with Crippen molar-refractivity contribution < 1.29 is 14.1 Å². The third kappa shape index (κ3) is 3.36. The van der Waals surface area contributed by atoms with Crippen LogP contribution < -0.4 is 5.46 Å². The Hall–Kier alpha value is -1.33. The Kier molecular flexibility index (Phi) is 4.28. The van der Waals surface area contributed by atoms with Crippen molar-refractivity contribution >= 4 is 18.5 Å². The third-order valence-corrected chi connectivity index (χ3v) is 4.56. The topological polar surface area (TPSA) is 38.8 Å². The number of rotatable bonds is 2. The van der Waals surface area contributed by atoms with Gasteiger partial charge in [0, 0.05) is 44.6 Å². The highest BCUT2D eigenvalue weighted by Gasteiger charge is 2.33. The van der Waals surface area contributed by atoms with E-state index in [1.165, 1.54) is 5.56 Å². The van der Waals surface area contributed by atoms with Gasteiger partial charge in [-0.25, -0.2) is 0 Å². The Bertz CT molecular complexity index is 533. The number of benzene rings is 1. The van der Waals surface area contributed by atoms with Crippen LogP contribution >= 0.6 is 0 Å². The summed E-state index contributed by atoms with van der Waals surface area (Å²) in [6, 6.07) is 8.48. The lowest BCUT2D eigenvalue weighted by atomic mass is 9.75. The summed E-state index contributed by atoms with van der Waals surface area (Å²) in [4.78, 5) is 13.4. The van der Waals surface area contributed by atoms with E-state index in [-0.39, 0.29) is 18.4 Å². The molecule has 1 amide bonds. The molecule has 2 fully saturated rings. The fourth-order valence-electron chi connectivity index (χ4n) is 3.13. The fraction of sp³-hybridized carbons (Fsp3) is 0.588. The quantitative estimate of drug-likeness (QED) is 0.782. The number of carbonyl (C=O) groups is 1. The van der Waals surface area contributed by atoms with Gasteiger partial charge in [0.2, 0.25) is 5.91 Å². The molecule has 0 saturated carbocycles. The summed E-state index contributed by atoms with van der Waals surface area (Å²) < 4.78 is 11.6. The third-order valence-electron chi connectivity index (χ3n) is 4.56. The molecule has 0 radical (unpaired) electrons. The predicted molar refractivity (Wildman–Crippen MR) is 87.1 cm³/mol. The van der Waals surface area contributed by atoms with E-state index in [4.69, 9.17) is 9.31 Å². The van der Waals surface area contributed by atoms with Crippen molar-refractivity contribution in [3.05, 3.63) is 29.8 Å². The molecule has 0 aliphatic carbocycles. The van der Waals surface area contributed by atoms with Gasteiger partial charge in [0.25, 0.3) is 0 Å². The Morgan fingerprint density at radius 2 is 1.86 bits per heavy atom. The minimum Gasteiger partial charge on any atom is -0.407 e. The molecule has 22 heavy (non-hydrogen) atoms. The number of likely N-dealkylation sites (tertiary alicyclic amines) is 1. The minimum atomic E-state index is -0.251. The highest BCUT2D eigenvalue weighted by atomic mass is 16.6. The molecule has 1 aromatic carbocycles. The lowest BCUT2D eigenvalue weighted by molar-refractivity contribution is -0.127. The van der Waals surface area contributed by atoms with Crippen molar-refractivity contribution in [3.63, 3.8) is 0 Å². The average Bonchev–Trinajstić information content (AvgIpc) is 2.97.